The molecule has 3 nitrogen and oxygen atoms in total. The van der Waals surface area contributed by atoms with E-state index >= 15 is 0 Å². The van der Waals surface area contributed by atoms with Crippen molar-refractivity contribution in [3.8, 4) is 11.8 Å². The highest BCUT2D eigenvalue weighted by atomic mass is 16.5. The van der Waals surface area contributed by atoms with Crippen molar-refractivity contribution in [3.05, 3.63) is 29.8 Å². The molecule has 1 aliphatic carbocycles. The van der Waals surface area contributed by atoms with E-state index in [4.69, 9.17) is 10.00 Å². The number of hydrogen-bond donors (Lipinski definition) is 1. The largest absolute Gasteiger partial charge is 0.478 e. The molecule has 2 rings (SSSR count). The average Bonchev–Trinajstić information content (AvgIpc) is 3.19. The zero-order valence-corrected chi connectivity index (χ0v) is 11.1. The maximum atomic E-state index is 8.57. The predicted molar refractivity (Wildman–Crippen MR) is 71.2 cm³/mol. The summed E-state index contributed by atoms with van der Waals surface area (Å²) < 4.78 is 5.43. The topological polar surface area (TPSA) is 45.0 Å². The lowest BCUT2D eigenvalue weighted by atomic mass is 9.98. The van der Waals surface area contributed by atoms with E-state index in [9.17, 15) is 0 Å². The molecule has 1 saturated carbocycles. The van der Waals surface area contributed by atoms with Gasteiger partial charge in [-0.3, -0.25) is 0 Å². The fraction of sp³-hybridized carbons (Fsp3) is 0.533. The minimum Gasteiger partial charge on any atom is -0.478 e. The molecule has 1 fully saturated rings. The summed E-state index contributed by atoms with van der Waals surface area (Å²) in [4.78, 5) is 0. The van der Waals surface area contributed by atoms with Crippen LogP contribution in [0.3, 0.4) is 0 Å². The number of benzene rings is 1. The molecule has 0 atom stereocenters. The average molecular weight is 244 g/mol. The molecule has 0 radical (unpaired) electrons. The summed E-state index contributed by atoms with van der Waals surface area (Å²) in [6, 6.07) is 9.89. The summed E-state index contributed by atoms with van der Waals surface area (Å²) in [5.41, 5.74) is 1.30. The van der Waals surface area contributed by atoms with Crippen LogP contribution in [-0.2, 0) is 6.54 Å². The zero-order valence-electron chi connectivity index (χ0n) is 11.1. The lowest BCUT2D eigenvalue weighted by Gasteiger charge is -2.26. The van der Waals surface area contributed by atoms with Crippen molar-refractivity contribution in [2.45, 2.75) is 38.8 Å². The number of nitriles is 1. The maximum Gasteiger partial charge on any atom is 0.174 e. The van der Waals surface area contributed by atoms with Gasteiger partial charge in [0, 0.05) is 17.6 Å². The normalized spacial score (nSPS) is 15.2. The van der Waals surface area contributed by atoms with Crippen LogP contribution in [0.5, 0.6) is 5.75 Å². The molecular formula is C15H20N2O. The summed E-state index contributed by atoms with van der Waals surface area (Å²) in [7, 11) is 0. The Hall–Kier alpha value is -1.53. The van der Waals surface area contributed by atoms with Crippen LogP contribution in [-0.4, -0.2) is 12.1 Å². The molecule has 1 aromatic carbocycles. The van der Waals surface area contributed by atoms with E-state index in [2.05, 4.69) is 19.2 Å². The fourth-order valence-electron chi connectivity index (χ4n) is 2.17. The summed E-state index contributed by atoms with van der Waals surface area (Å²) in [5.74, 6) is 1.60. The van der Waals surface area contributed by atoms with Gasteiger partial charge in [-0.2, -0.15) is 5.26 Å². The molecular weight excluding hydrogens is 224 g/mol. The smallest absolute Gasteiger partial charge is 0.174 e. The van der Waals surface area contributed by atoms with Crippen molar-refractivity contribution in [3.63, 3.8) is 0 Å². The molecule has 1 aliphatic rings. The van der Waals surface area contributed by atoms with E-state index in [0.717, 1.165) is 23.8 Å². The first kappa shape index (κ1) is 12.9. The van der Waals surface area contributed by atoms with E-state index in [1.54, 1.807) is 0 Å². The highest BCUT2D eigenvalue weighted by Crippen LogP contribution is 2.39. The van der Waals surface area contributed by atoms with Gasteiger partial charge in [0.2, 0.25) is 0 Å². The van der Waals surface area contributed by atoms with Crippen LogP contribution >= 0.6 is 0 Å². The number of hydrogen-bond acceptors (Lipinski definition) is 3. The van der Waals surface area contributed by atoms with E-state index < -0.39 is 0 Å². The van der Waals surface area contributed by atoms with Gasteiger partial charge in [-0.15, -0.1) is 0 Å². The maximum absolute atomic E-state index is 8.57. The summed E-state index contributed by atoms with van der Waals surface area (Å²) in [6.45, 7) is 5.39. The van der Waals surface area contributed by atoms with E-state index in [1.165, 1.54) is 12.8 Å². The quantitative estimate of drug-likeness (QED) is 0.837. The number of nitrogens with one attached hydrogen (secondary N) is 1. The number of nitrogens with zero attached hydrogens (tertiary/aromatic N) is 1. The lowest BCUT2D eigenvalue weighted by molar-refractivity contribution is 0.329. The van der Waals surface area contributed by atoms with Crippen LogP contribution in [0.25, 0.3) is 0 Å². The Kier molecular flexibility index (Phi) is 3.88. The molecule has 0 saturated heterocycles. The Bertz CT molecular complexity index is 444. The lowest BCUT2D eigenvalue weighted by Crippen LogP contribution is -2.40. The van der Waals surface area contributed by atoms with Crippen molar-refractivity contribution in [2.75, 3.05) is 6.61 Å². The Balaban J connectivity index is 1.98. The molecule has 96 valence electrons. The van der Waals surface area contributed by atoms with E-state index in [0.29, 0.717) is 0 Å². The van der Waals surface area contributed by atoms with Gasteiger partial charge in [-0.1, -0.05) is 18.2 Å². The van der Waals surface area contributed by atoms with E-state index in [-0.39, 0.29) is 12.1 Å². The van der Waals surface area contributed by atoms with Gasteiger partial charge in [0.15, 0.2) is 6.61 Å². The third-order valence-electron chi connectivity index (χ3n) is 3.60. The summed E-state index contributed by atoms with van der Waals surface area (Å²) >= 11 is 0. The van der Waals surface area contributed by atoms with Crippen molar-refractivity contribution in [1.82, 2.24) is 5.32 Å². The first-order valence-corrected chi connectivity index (χ1v) is 6.46. The summed E-state index contributed by atoms with van der Waals surface area (Å²) in [6.07, 6.45) is 2.65. The second-order valence-corrected chi connectivity index (χ2v) is 5.40. The molecule has 0 aromatic heterocycles. The molecule has 1 N–H and O–H groups in total. The van der Waals surface area contributed by atoms with Gasteiger partial charge >= 0.3 is 0 Å². The minimum atomic E-state index is 0.100. The fourth-order valence-corrected chi connectivity index (χ4v) is 2.17. The Morgan fingerprint density at radius 3 is 2.78 bits per heavy atom. The Morgan fingerprint density at radius 2 is 2.11 bits per heavy atom. The van der Waals surface area contributed by atoms with Crippen molar-refractivity contribution in [2.24, 2.45) is 5.92 Å². The Morgan fingerprint density at radius 1 is 1.39 bits per heavy atom. The van der Waals surface area contributed by atoms with Crippen molar-refractivity contribution >= 4 is 0 Å². The third-order valence-corrected chi connectivity index (χ3v) is 3.60. The van der Waals surface area contributed by atoms with Crippen LogP contribution in [0.2, 0.25) is 0 Å². The Labute approximate surface area is 109 Å². The second-order valence-electron chi connectivity index (χ2n) is 5.40. The molecule has 0 unspecified atom stereocenters. The van der Waals surface area contributed by atoms with E-state index in [1.807, 2.05) is 30.3 Å². The number of ether oxygens (including phenoxy) is 1. The van der Waals surface area contributed by atoms with Gasteiger partial charge in [0.05, 0.1) is 0 Å². The summed E-state index contributed by atoms with van der Waals surface area (Å²) in [5, 5.41) is 12.2. The molecule has 0 heterocycles. The van der Waals surface area contributed by atoms with Crippen LogP contribution < -0.4 is 10.1 Å². The van der Waals surface area contributed by atoms with Crippen LogP contribution in [0, 0.1) is 17.2 Å². The van der Waals surface area contributed by atoms with Crippen LogP contribution in [0.15, 0.2) is 24.3 Å². The molecule has 3 heteroatoms. The molecule has 0 amide bonds. The monoisotopic (exact) mass is 244 g/mol. The number of rotatable bonds is 6. The second kappa shape index (κ2) is 5.41. The standard InChI is InChI=1S/C15H20N2O/c1-15(2,13-7-8-13)17-11-12-5-3-4-6-14(12)18-10-9-16/h3-6,13,17H,7-8,10-11H2,1-2H3. The van der Waals surface area contributed by atoms with Crippen LogP contribution in [0.4, 0.5) is 0 Å². The van der Waals surface area contributed by atoms with Gasteiger partial charge in [-0.25, -0.2) is 0 Å². The molecule has 1 aromatic rings. The molecule has 0 aliphatic heterocycles. The number of para-hydroxylation sites is 1. The first-order chi connectivity index (χ1) is 8.63. The van der Waals surface area contributed by atoms with Gasteiger partial charge in [0.1, 0.15) is 11.8 Å². The zero-order chi connectivity index (χ0) is 13.0. The first-order valence-electron chi connectivity index (χ1n) is 6.46. The SMILES string of the molecule is CC(C)(NCc1ccccc1OCC#N)C1CC1. The third kappa shape index (κ3) is 3.24. The van der Waals surface area contributed by atoms with Crippen LogP contribution in [0.1, 0.15) is 32.3 Å². The highest BCUT2D eigenvalue weighted by molar-refractivity contribution is 5.33. The van der Waals surface area contributed by atoms with Crippen molar-refractivity contribution in [1.29, 1.82) is 5.26 Å². The van der Waals surface area contributed by atoms with Crippen molar-refractivity contribution < 1.29 is 4.74 Å². The molecule has 0 spiro atoms. The minimum absolute atomic E-state index is 0.100. The van der Waals surface area contributed by atoms with Gasteiger partial charge in [0.25, 0.3) is 0 Å². The van der Waals surface area contributed by atoms with Gasteiger partial charge in [-0.05, 0) is 38.7 Å². The molecule has 0 bridgehead atoms. The van der Waals surface area contributed by atoms with Gasteiger partial charge < -0.3 is 10.1 Å². The predicted octanol–water partition coefficient (Wildman–Crippen LogP) is 2.87. The molecule has 18 heavy (non-hydrogen) atoms. The highest BCUT2D eigenvalue weighted by Gasteiger charge is 2.37.